The fraction of sp³-hybridized carbons (Fsp3) is 0.294. The van der Waals surface area contributed by atoms with Gasteiger partial charge in [-0.05, 0) is 111 Å². The zero-order valence-electron chi connectivity index (χ0n) is 23.9. The molecule has 0 amide bonds. The van der Waals surface area contributed by atoms with Crippen LogP contribution in [0.25, 0.3) is 36.5 Å². The van der Waals surface area contributed by atoms with Crippen molar-refractivity contribution in [1.82, 2.24) is 19.9 Å². The van der Waals surface area contributed by atoms with Gasteiger partial charge in [-0.2, -0.15) is 0 Å². The number of fused-ring (bicyclic) bond motifs is 8. The van der Waals surface area contributed by atoms with E-state index in [1.54, 1.807) is 0 Å². The van der Waals surface area contributed by atoms with Gasteiger partial charge in [-0.1, -0.05) is 57.2 Å². The van der Waals surface area contributed by atoms with Crippen molar-refractivity contribution in [1.29, 1.82) is 0 Å². The second-order valence-corrected chi connectivity index (χ2v) is 12.3. The molecule has 0 saturated carbocycles. The van der Waals surface area contributed by atoms with Gasteiger partial charge >= 0.3 is 0 Å². The summed E-state index contributed by atoms with van der Waals surface area (Å²) in [6.45, 7) is 17.1. The Morgan fingerprint density at radius 1 is 0.550 bits per heavy atom. The van der Waals surface area contributed by atoms with Crippen molar-refractivity contribution in [3.63, 3.8) is 0 Å². The maximum atomic E-state index is 4.14. The molecular weight excluding hydrogens is 624 g/mol. The summed E-state index contributed by atoms with van der Waals surface area (Å²) in [6, 6.07) is 0. The van der Waals surface area contributed by atoms with Gasteiger partial charge in [-0.25, -0.2) is 0 Å². The Kier molecular flexibility index (Phi) is 8.48. The second kappa shape index (κ2) is 11.9. The van der Waals surface area contributed by atoms with Crippen molar-refractivity contribution >= 4 is 68.3 Å². The van der Waals surface area contributed by atoms with Crippen LogP contribution in [0.1, 0.15) is 80.1 Å². The third-order valence-corrected chi connectivity index (χ3v) is 9.44. The zero-order chi connectivity index (χ0) is 28.6. The number of hydrogen-bond donors (Lipinski definition) is 4. The van der Waals surface area contributed by atoms with Crippen LogP contribution in [0.3, 0.4) is 0 Å². The molecule has 0 unspecified atom stereocenters. The summed E-state index contributed by atoms with van der Waals surface area (Å²) < 4.78 is 0. The van der Waals surface area contributed by atoms with Crippen LogP contribution in [-0.4, -0.2) is 30.6 Å². The molecule has 5 heterocycles. The van der Waals surface area contributed by atoms with Crippen molar-refractivity contribution in [3.05, 3.63) is 102 Å². The van der Waals surface area contributed by atoms with E-state index < -0.39 is 0 Å². The number of rotatable bonds is 8. The Labute approximate surface area is 253 Å². The van der Waals surface area contributed by atoms with Gasteiger partial charge < -0.3 is 19.9 Å². The first-order valence-electron chi connectivity index (χ1n) is 13.9. The SMILES string of the molecule is C=Cc1c2[nH]c(c1C)C=c1[nH]c(c(CCCBr)c1C)=Cc1[nH]c(c(C)c1CCCBr)C=c1[nH]c(c(C)c1C=C)=C2. The van der Waals surface area contributed by atoms with Gasteiger partial charge in [0, 0.05) is 66.0 Å². The van der Waals surface area contributed by atoms with E-state index in [2.05, 4.69) is 117 Å². The predicted molar refractivity (Wildman–Crippen MR) is 179 cm³/mol. The highest BCUT2D eigenvalue weighted by Crippen LogP contribution is 2.24. The molecule has 4 aromatic heterocycles. The van der Waals surface area contributed by atoms with Crippen LogP contribution in [0.15, 0.2) is 13.2 Å². The highest BCUT2D eigenvalue weighted by Gasteiger charge is 2.16. The molecule has 0 spiro atoms. The Morgan fingerprint density at radius 2 is 1.07 bits per heavy atom. The van der Waals surface area contributed by atoms with Gasteiger partial charge in [0.1, 0.15) is 0 Å². The highest BCUT2D eigenvalue weighted by atomic mass is 79.9. The molecule has 0 aromatic carbocycles. The summed E-state index contributed by atoms with van der Waals surface area (Å²) in [4.78, 5) is 15.0. The summed E-state index contributed by atoms with van der Waals surface area (Å²) in [5.74, 6) is 0. The van der Waals surface area contributed by atoms with Crippen molar-refractivity contribution in [2.45, 2.75) is 53.4 Å². The van der Waals surface area contributed by atoms with E-state index in [1.807, 2.05) is 12.2 Å². The van der Waals surface area contributed by atoms with Gasteiger partial charge in [-0.3, -0.25) is 0 Å². The summed E-state index contributed by atoms with van der Waals surface area (Å²) in [5.41, 5.74) is 14.4. The first-order chi connectivity index (χ1) is 19.3. The van der Waals surface area contributed by atoms with Crippen LogP contribution in [-0.2, 0) is 12.8 Å². The quantitative estimate of drug-likeness (QED) is 0.152. The third-order valence-electron chi connectivity index (χ3n) is 8.32. The molecule has 5 rings (SSSR count). The Morgan fingerprint density at radius 3 is 1.75 bits per heavy atom. The van der Waals surface area contributed by atoms with Gasteiger partial charge in [-0.15, -0.1) is 0 Å². The lowest BCUT2D eigenvalue weighted by atomic mass is 10.0. The van der Waals surface area contributed by atoms with Crippen LogP contribution in [0, 0.1) is 27.7 Å². The average Bonchev–Trinajstić information content (AvgIpc) is 3.59. The first-order valence-corrected chi connectivity index (χ1v) is 16.2. The molecule has 1 aliphatic rings. The molecular formula is C34H38Br2N4. The van der Waals surface area contributed by atoms with Gasteiger partial charge in [0.25, 0.3) is 0 Å². The molecule has 0 saturated heterocycles. The summed E-state index contributed by atoms with van der Waals surface area (Å²) in [7, 11) is 0. The monoisotopic (exact) mass is 660 g/mol. The second-order valence-electron chi connectivity index (χ2n) is 10.7. The Hall–Kier alpha value is -2.96. The number of aromatic amines is 4. The lowest BCUT2D eigenvalue weighted by Crippen LogP contribution is -2.13. The maximum Gasteiger partial charge on any atom is 0.0482 e. The molecule has 208 valence electrons. The van der Waals surface area contributed by atoms with Crippen LogP contribution >= 0.6 is 31.9 Å². The number of aromatic nitrogens is 4. The normalized spacial score (nSPS) is 12.3. The molecule has 1 aliphatic heterocycles. The minimum Gasteiger partial charge on any atom is -0.355 e. The molecule has 8 bridgehead atoms. The van der Waals surface area contributed by atoms with Gasteiger partial charge in [0.05, 0.1) is 0 Å². The summed E-state index contributed by atoms with van der Waals surface area (Å²) in [5, 5.41) is 6.39. The van der Waals surface area contributed by atoms with E-state index in [4.69, 9.17) is 0 Å². The molecule has 0 atom stereocenters. The topological polar surface area (TPSA) is 63.2 Å². The third kappa shape index (κ3) is 5.12. The van der Waals surface area contributed by atoms with Crippen molar-refractivity contribution < 1.29 is 0 Å². The van der Waals surface area contributed by atoms with E-state index in [0.717, 1.165) is 80.6 Å². The molecule has 4 aromatic rings. The first kappa shape index (κ1) is 28.6. The zero-order valence-corrected chi connectivity index (χ0v) is 27.0. The molecule has 40 heavy (non-hydrogen) atoms. The lowest BCUT2D eigenvalue weighted by Gasteiger charge is -2.02. The van der Waals surface area contributed by atoms with Crippen molar-refractivity contribution in [3.8, 4) is 0 Å². The van der Waals surface area contributed by atoms with Gasteiger partial charge in [0.2, 0.25) is 0 Å². The number of nitrogens with one attached hydrogen (secondary N) is 4. The minimum atomic E-state index is 0.979. The van der Waals surface area contributed by atoms with E-state index >= 15 is 0 Å². The van der Waals surface area contributed by atoms with E-state index in [0.29, 0.717) is 0 Å². The average molecular weight is 663 g/mol. The van der Waals surface area contributed by atoms with Crippen molar-refractivity contribution in [2.24, 2.45) is 0 Å². The minimum absolute atomic E-state index is 0.979. The number of H-pyrrole nitrogens is 4. The van der Waals surface area contributed by atoms with E-state index in [-0.39, 0.29) is 0 Å². The Balaban J connectivity index is 1.93. The fourth-order valence-corrected chi connectivity index (χ4v) is 6.51. The summed E-state index contributed by atoms with van der Waals surface area (Å²) in [6.07, 6.45) is 17.1. The molecule has 4 nitrogen and oxygen atoms in total. The molecule has 0 radical (unpaired) electrons. The largest absolute Gasteiger partial charge is 0.355 e. The lowest BCUT2D eigenvalue weighted by molar-refractivity contribution is 0.922. The van der Waals surface area contributed by atoms with Gasteiger partial charge in [0.15, 0.2) is 0 Å². The van der Waals surface area contributed by atoms with E-state index in [9.17, 15) is 0 Å². The number of halogens is 2. The Bertz CT molecular complexity index is 1850. The van der Waals surface area contributed by atoms with E-state index in [1.165, 1.54) is 44.4 Å². The maximum absolute atomic E-state index is 4.14. The van der Waals surface area contributed by atoms with Crippen molar-refractivity contribution in [2.75, 3.05) is 10.7 Å². The molecule has 6 heteroatoms. The van der Waals surface area contributed by atoms with Crippen LogP contribution in [0.4, 0.5) is 0 Å². The molecule has 4 N–H and O–H groups in total. The number of alkyl halides is 2. The van der Waals surface area contributed by atoms with Crippen LogP contribution in [0.5, 0.6) is 0 Å². The predicted octanol–water partition coefficient (Wildman–Crippen LogP) is 5.80. The fourth-order valence-electron chi connectivity index (χ4n) is 5.95. The van der Waals surface area contributed by atoms with Crippen LogP contribution < -0.4 is 21.4 Å². The summed E-state index contributed by atoms with van der Waals surface area (Å²) >= 11 is 7.29. The highest BCUT2D eigenvalue weighted by molar-refractivity contribution is 9.09. The molecule has 0 fully saturated rings. The van der Waals surface area contributed by atoms with Crippen LogP contribution in [0.2, 0.25) is 0 Å². The number of hydrogen-bond acceptors (Lipinski definition) is 0. The standard InChI is InChI=1S/C34H38Br2N4/c1-7-23-19(3)27-15-28-21(5)25(11-9-13-35)33(39-28)18-34-26(12-10-14-36)22(6)30(40-34)17-32-24(8-2)20(4)29(38-32)16-31(23)37-27/h7-8,15-18,37-40H,1-2,9-14H2,3-6H3. The molecule has 0 aliphatic carbocycles. The smallest absolute Gasteiger partial charge is 0.0482 e.